The van der Waals surface area contributed by atoms with Gasteiger partial charge in [-0.05, 0) is 28.3 Å². The van der Waals surface area contributed by atoms with E-state index in [0.29, 0.717) is 11.8 Å². The normalized spacial score (nSPS) is 11.0. The van der Waals surface area contributed by atoms with Gasteiger partial charge < -0.3 is 0 Å². The van der Waals surface area contributed by atoms with Gasteiger partial charge >= 0.3 is 0 Å². The van der Waals surface area contributed by atoms with Crippen LogP contribution in [-0.4, -0.2) is 12.1 Å². The maximum Gasteiger partial charge on any atom is 0.225 e. The molecular formula is C14H8O2. The van der Waals surface area contributed by atoms with E-state index in [2.05, 4.69) is 6.07 Å². The minimum Gasteiger partial charge on any atom is -0.294 e. The first kappa shape index (κ1) is 9.04. The standard InChI is InChI=1S/C14H8O2/c15-8-14(16)9-5-6-12-10-3-1-2-4-11(10)13(12)7-9/h1-8H. The van der Waals surface area contributed by atoms with E-state index < -0.39 is 5.78 Å². The van der Waals surface area contributed by atoms with Crippen molar-refractivity contribution in [2.24, 2.45) is 0 Å². The Labute approximate surface area is 92.5 Å². The molecule has 0 unspecified atom stereocenters. The Balaban J connectivity index is 2.14. The maximum absolute atomic E-state index is 11.2. The topological polar surface area (TPSA) is 34.1 Å². The predicted octanol–water partition coefficient (Wildman–Crippen LogP) is 2.72. The fraction of sp³-hybridized carbons (Fsp3) is 0. The van der Waals surface area contributed by atoms with Crippen molar-refractivity contribution in [1.82, 2.24) is 0 Å². The second kappa shape index (κ2) is 3.14. The van der Waals surface area contributed by atoms with Gasteiger partial charge in [0.25, 0.3) is 0 Å². The van der Waals surface area contributed by atoms with Crippen molar-refractivity contribution in [1.29, 1.82) is 0 Å². The third-order valence-electron chi connectivity index (χ3n) is 2.92. The fourth-order valence-corrected chi connectivity index (χ4v) is 2.11. The molecule has 0 aromatic heterocycles. The zero-order chi connectivity index (χ0) is 11.1. The summed E-state index contributed by atoms with van der Waals surface area (Å²) in [6.45, 7) is 0. The number of hydrogen-bond acceptors (Lipinski definition) is 2. The molecule has 76 valence electrons. The number of carbonyl (C=O) groups excluding carboxylic acids is 2. The smallest absolute Gasteiger partial charge is 0.225 e. The van der Waals surface area contributed by atoms with E-state index in [1.165, 1.54) is 5.56 Å². The molecule has 0 atom stereocenters. The Hall–Kier alpha value is -2.22. The van der Waals surface area contributed by atoms with Gasteiger partial charge in [0, 0.05) is 5.56 Å². The molecule has 0 saturated carbocycles. The van der Waals surface area contributed by atoms with Crippen LogP contribution in [0.2, 0.25) is 0 Å². The molecule has 2 heteroatoms. The molecule has 0 bridgehead atoms. The van der Waals surface area contributed by atoms with Gasteiger partial charge in [-0.1, -0.05) is 36.4 Å². The predicted molar refractivity (Wildman–Crippen MR) is 61.3 cm³/mol. The van der Waals surface area contributed by atoms with Crippen molar-refractivity contribution in [3.05, 3.63) is 48.0 Å². The van der Waals surface area contributed by atoms with Gasteiger partial charge in [0.15, 0.2) is 6.29 Å². The number of fused-ring (bicyclic) bond motifs is 4. The van der Waals surface area contributed by atoms with E-state index in [-0.39, 0.29) is 0 Å². The highest BCUT2D eigenvalue weighted by atomic mass is 16.2. The molecule has 3 rings (SSSR count). The van der Waals surface area contributed by atoms with E-state index in [0.717, 1.165) is 16.7 Å². The molecule has 0 spiro atoms. The van der Waals surface area contributed by atoms with Crippen molar-refractivity contribution in [2.75, 3.05) is 0 Å². The second-order valence-electron chi connectivity index (χ2n) is 3.79. The quantitative estimate of drug-likeness (QED) is 0.368. The van der Waals surface area contributed by atoms with Crippen LogP contribution in [0, 0.1) is 0 Å². The number of carbonyl (C=O) groups is 2. The van der Waals surface area contributed by atoms with E-state index in [1.807, 2.05) is 24.3 Å². The van der Waals surface area contributed by atoms with Crippen molar-refractivity contribution >= 4 is 12.1 Å². The van der Waals surface area contributed by atoms with Gasteiger partial charge in [-0.3, -0.25) is 9.59 Å². The van der Waals surface area contributed by atoms with Crippen LogP contribution in [0.5, 0.6) is 0 Å². The zero-order valence-corrected chi connectivity index (χ0v) is 8.44. The average Bonchev–Trinajstić information content (AvgIpc) is 2.34. The molecule has 0 aliphatic heterocycles. The maximum atomic E-state index is 11.2. The molecular weight excluding hydrogens is 200 g/mol. The molecule has 0 N–H and O–H groups in total. The van der Waals surface area contributed by atoms with Crippen LogP contribution in [0.3, 0.4) is 0 Å². The highest BCUT2D eigenvalue weighted by Crippen LogP contribution is 2.46. The first-order valence-electron chi connectivity index (χ1n) is 5.04. The summed E-state index contributed by atoms with van der Waals surface area (Å²) in [5, 5.41) is 0. The highest BCUT2D eigenvalue weighted by molar-refractivity contribution is 6.33. The minimum atomic E-state index is -0.466. The number of aldehydes is 1. The van der Waals surface area contributed by atoms with Crippen LogP contribution < -0.4 is 0 Å². The molecule has 0 fully saturated rings. The number of rotatable bonds is 2. The van der Waals surface area contributed by atoms with Crippen LogP contribution in [0.25, 0.3) is 22.3 Å². The second-order valence-corrected chi connectivity index (χ2v) is 3.79. The summed E-state index contributed by atoms with van der Waals surface area (Å²) in [7, 11) is 0. The van der Waals surface area contributed by atoms with Crippen LogP contribution in [-0.2, 0) is 4.79 Å². The highest BCUT2D eigenvalue weighted by Gasteiger charge is 2.22. The number of hydrogen-bond donors (Lipinski definition) is 0. The Morgan fingerprint density at radius 2 is 1.50 bits per heavy atom. The van der Waals surface area contributed by atoms with Crippen LogP contribution in [0.1, 0.15) is 10.4 Å². The van der Waals surface area contributed by atoms with E-state index in [1.54, 1.807) is 12.1 Å². The minimum absolute atomic E-state index is 0.353. The van der Waals surface area contributed by atoms with E-state index in [4.69, 9.17) is 0 Å². The lowest BCUT2D eigenvalue weighted by atomic mass is 9.79. The first-order valence-corrected chi connectivity index (χ1v) is 5.04. The van der Waals surface area contributed by atoms with Crippen molar-refractivity contribution in [2.45, 2.75) is 0 Å². The van der Waals surface area contributed by atoms with Gasteiger partial charge in [-0.25, -0.2) is 0 Å². The molecule has 16 heavy (non-hydrogen) atoms. The molecule has 1 aliphatic rings. The van der Waals surface area contributed by atoms with Gasteiger partial charge in [0.1, 0.15) is 0 Å². The Morgan fingerprint density at radius 1 is 0.875 bits per heavy atom. The summed E-state index contributed by atoms with van der Waals surface area (Å²) in [5.74, 6) is -0.466. The third kappa shape index (κ3) is 1.07. The van der Waals surface area contributed by atoms with Gasteiger partial charge in [0.05, 0.1) is 0 Å². The molecule has 0 heterocycles. The van der Waals surface area contributed by atoms with Crippen molar-refractivity contribution < 1.29 is 9.59 Å². The van der Waals surface area contributed by atoms with E-state index >= 15 is 0 Å². The average molecular weight is 208 g/mol. The van der Waals surface area contributed by atoms with Crippen molar-refractivity contribution in [3.63, 3.8) is 0 Å². The summed E-state index contributed by atoms with van der Waals surface area (Å²) in [6.07, 6.45) is 0.353. The third-order valence-corrected chi connectivity index (χ3v) is 2.92. The SMILES string of the molecule is O=CC(=O)c1ccc2c(c1)-c1ccccc1-2. The lowest BCUT2D eigenvalue weighted by Crippen LogP contribution is -2.04. The Morgan fingerprint density at radius 3 is 2.19 bits per heavy atom. The van der Waals surface area contributed by atoms with Gasteiger partial charge in [-0.2, -0.15) is 0 Å². The first-order chi connectivity index (χ1) is 7.81. The summed E-state index contributed by atoms with van der Waals surface area (Å²) in [5.41, 5.74) is 5.03. The molecule has 2 aromatic rings. The van der Waals surface area contributed by atoms with Crippen LogP contribution in [0.15, 0.2) is 42.5 Å². The summed E-state index contributed by atoms with van der Waals surface area (Å²) in [4.78, 5) is 21.7. The molecule has 0 saturated heterocycles. The van der Waals surface area contributed by atoms with Gasteiger partial charge in [0.2, 0.25) is 5.78 Å². The molecule has 2 aromatic carbocycles. The summed E-state index contributed by atoms with van der Waals surface area (Å²) >= 11 is 0. The van der Waals surface area contributed by atoms with Crippen LogP contribution in [0.4, 0.5) is 0 Å². The molecule has 1 aliphatic carbocycles. The molecule has 0 amide bonds. The molecule has 2 nitrogen and oxygen atoms in total. The fourth-order valence-electron chi connectivity index (χ4n) is 2.11. The largest absolute Gasteiger partial charge is 0.294 e. The van der Waals surface area contributed by atoms with Crippen LogP contribution >= 0.6 is 0 Å². The lowest BCUT2D eigenvalue weighted by Gasteiger charge is -2.23. The van der Waals surface area contributed by atoms with Gasteiger partial charge in [-0.15, -0.1) is 0 Å². The number of benzene rings is 2. The Kier molecular flexibility index (Phi) is 1.77. The summed E-state index contributed by atoms with van der Waals surface area (Å²) < 4.78 is 0. The van der Waals surface area contributed by atoms with E-state index in [9.17, 15) is 9.59 Å². The summed E-state index contributed by atoms with van der Waals surface area (Å²) in [6, 6.07) is 13.4. The molecule has 0 radical (unpaired) electrons. The number of ketones is 1. The number of Topliss-reactive ketones (excluding diaryl/α,β-unsaturated/α-hetero) is 1. The monoisotopic (exact) mass is 208 g/mol. The lowest BCUT2D eigenvalue weighted by molar-refractivity contribution is -0.104. The zero-order valence-electron chi connectivity index (χ0n) is 8.44. The Bertz CT molecular complexity index is 612. The van der Waals surface area contributed by atoms with Crippen molar-refractivity contribution in [3.8, 4) is 22.3 Å².